The molecule has 2 aromatic carbocycles. The molecule has 6 atom stereocenters. The molecule has 4 aliphatic rings. The largest absolute Gasteiger partial charge is 0.469 e. The Kier molecular flexibility index (Phi) is 19.4. The first kappa shape index (κ1) is 59.4. The summed E-state index contributed by atoms with van der Waals surface area (Å²) in [5, 5.41) is 17.3. The second-order valence-corrected chi connectivity index (χ2v) is 20.8. The van der Waals surface area contributed by atoms with Crippen LogP contribution in [0.15, 0.2) is 65.8 Å². The van der Waals surface area contributed by atoms with Crippen molar-refractivity contribution in [1.29, 1.82) is 0 Å². The standard InChI is InChI=1S/C53H64F7N9O8/c1-51(2,3)38(22-45(71)75-6)47(72)66-68(26-37-39(54)19-33(20-40(37)55)41(61)16-17-62-49(56)57)27-43(70)42(64-48(73)46(65-50(74)76-7)52(4,5)53(58,59)60)18-31-11-8-30(9-12-31)10-13-32-14-15-44(63-23-32)67-24-34-21-35(25-67)69(34)36-28-77-29-36/h8-9,11-12,14-17,19-20,23,34-36,38,42-43,46,49,70H,18,21-22,24-29,61H2,1-7H3,(H,64,73)(H,65,74)(H,66,72)/t34?,35?,38-,42+,43+,46-/m1/s1. The van der Waals surface area contributed by atoms with Crippen molar-refractivity contribution in [2.45, 2.75) is 109 Å². The number of aliphatic imine (C=N–C) groups is 1. The van der Waals surface area contributed by atoms with Gasteiger partial charge in [0.2, 0.25) is 11.8 Å². The average Bonchev–Trinajstić information content (AvgIpc) is 3.35. The van der Waals surface area contributed by atoms with E-state index in [1.54, 1.807) is 51.2 Å². The highest BCUT2D eigenvalue weighted by atomic mass is 19.4. The van der Waals surface area contributed by atoms with Crippen LogP contribution in [-0.2, 0) is 41.6 Å². The van der Waals surface area contributed by atoms with Crippen molar-refractivity contribution in [2.75, 3.05) is 52.0 Å². The molecule has 6 N–H and O–H groups in total. The molecule has 3 amide bonds. The third kappa shape index (κ3) is 15.2. The molecule has 5 heterocycles. The summed E-state index contributed by atoms with van der Waals surface area (Å²) in [6, 6.07) is 9.31. The van der Waals surface area contributed by atoms with E-state index in [0.29, 0.717) is 54.9 Å². The number of nitrogens with two attached hydrogens (primary N) is 1. The van der Waals surface area contributed by atoms with E-state index in [-0.39, 0.29) is 17.7 Å². The van der Waals surface area contributed by atoms with Crippen LogP contribution in [0.1, 0.15) is 75.3 Å². The Morgan fingerprint density at radius 1 is 0.922 bits per heavy atom. The van der Waals surface area contributed by atoms with Crippen molar-refractivity contribution in [1.82, 2.24) is 31.0 Å². The van der Waals surface area contributed by atoms with Crippen LogP contribution in [0, 0.1) is 40.2 Å². The Labute approximate surface area is 441 Å². The molecule has 3 aromatic rings. The number of rotatable bonds is 20. The lowest BCUT2D eigenvalue weighted by Crippen LogP contribution is -2.74. The van der Waals surface area contributed by atoms with Gasteiger partial charge in [0.1, 0.15) is 23.5 Å². The van der Waals surface area contributed by atoms with Crippen molar-refractivity contribution in [3.8, 4) is 11.8 Å². The normalized spacial score (nSPS) is 18.8. The number of benzene rings is 2. The number of hydrazine groups is 1. The predicted molar refractivity (Wildman–Crippen MR) is 269 cm³/mol. The first-order valence-electron chi connectivity index (χ1n) is 24.6. The molecule has 2 bridgehead atoms. The monoisotopic (exact) mass is 1090 g/mol. The van der Waals surface area contributed by atoms with Gasteiger partial charge in [0.05, 0.1) is 63.4 Å². The fourth-order valence-electron chi connectivity index (χ4n) is 9.23. The summed E-state index contributed by atoms with van der Waals surface area (Å²) >= 11 is 0. The minimum absolute atomic E-state index is 0.273. The van der Waals surface area contributed by atoms with Crippen LogP contribution < -0.4 is 26.7 Å². The zero-order chi connectivity index (χ0) is 56.6. The number of nitrogens with one attached hydrogen (secondary N) is 3. The number of pyridine rings is 1. The van der Waals surface area contributed by atoms with E-state index in [2.05, 4.69) is 47.1 Å². The van der Waals surface area contributed by atoms with Crippen molar-refractivity contribution >= 4 is 41.6 Å². The Balaban J connectivity index is 1.28. The second-order valence-electron chi connectivity index (χ2n) is 20.8. The Bertz CT molecular complexity index is 2670. The van der Waals surface area contributed by atoms with Crippen molar-refractivity contribution in [2.24, 2.45) is 27.5 Å². The van der Waals surface area contributed by atoms with Gasteiger partial charge in [-0.05, 0) is 80.1 Å². The maximum Gasteiger partial charge on any atom is 0.407 e. The summed E-state index contributed by atoms with van der Waals surface area (Å²) in [6.07, 6.45) is -4.76. The molecule has 418 valence electrons. The van der Waals surface area contributed by atoms with E-state index in [1.165, 1.54) is 0 Å². The highest BCUT2D eigenvalue weighted by molar-refractivity contribution is 5.87. The topological polar surface area (TPSA) is 213 Å². The third-order valence-electron chi connectivity index (χ3n) is 14.0. The summed E-state index contributed by atoms with van der Waals surface area (Å²) in [5.74, 6) is 0.289. The molecule has 77 heavy (non-hydrogen) atoms. The number of alkyl carbamates (subject to hydrolysis) is 1. The number of esters is 1. The Morgan fingerprint density at radius 2 is 1.55 bits per heavy atom. The molecule has 4 aliphatic heterocycles. The Morgan fingerprint density at radius 3 is 2.08 bits per heavy atom. The molecule has 7 rings (SSSR count). The first-order chi connectivity index (χ1) is 36.2. The summed E-state index contributed by atoms with van der Waals surface area (Å²) in [5.41, 5.74) is 4.75. The number of carbonyl (C=O) groups excluding carboxylic acids is 4. The summed E-state index contributed by atoms with van der Waals surface area (Å²) < 4.78 is 115. The molecule has 24 heteroatoms. The first-order valence-corrected chi connectivity index (χ1v) is 24.6. The number of aromatic nitrogens is 1. The lowest BCUT2D eigenvalue weighted by molar-refractivity contribution is -0.220. The molecule has 0 radical (unpaired) electrons. The smallest absolute Gasteiger partial charge is 0.407 e. The van der Waals surface area contributed by atoms with Crippen LogP contribution in [-0.4, -0.2) is 146 Å². The van der Waals surface area contributed by atoms with Gasteiger partial charge >= 0.3 is 24.8 Å². The maximum atomic E-state index is 15.9. The number of carbonyl (C=O) groups is 4. The van der Waals surface area contributed by atoms with Crippen LogP contribution in [0.25, 0.3) is 5.70 Å². The van der Waals surface area contributed by atoms with Crippen LogP contribution in [0.5, 0.6) is 0 Å². The van der Waals surface area contributed by atoms with Gasteiger partial charge < -0.3 is 40.6 Å². The van der Waals surface area contributed by atoms with Crippen LogP contribution in [0.2, 0.25) is 0 Å². The van der Waals surface area contributed by atoms with E-state index < -0.39 is 108 Å². The second kappa shape index (κ2) is 25.1. The van der Waals surface area contributed by atoms with Gasteiger partial charge in [-0.15, -0.1) is 0 Å². The van der Waals surface area contributed by atoms with Gasteiger partial charge in [-0.2, -0.15) is 22.0 Å². The van der Waals surface area contributed by atoms with E-state index in [1.807, 2.05) is 17.4 Å². The third-order valence-corrected chi connectivity index (χ3v) is 14.0. The molecule has 4 saturated heterocycles. The van der Waals surface area contributed by atoms with E-state index in [9.17, 15) is 46.2 Å². The van der Waals surface area contributed by atoms with E-state index in [4.69, 9.17) is 15.2 Å². The van der Waals surface area contributed by atoms with Gasteiger partial charge in [0.15, 0.2) is 0 Å². The van der Waals surface area contributed by atoms with Crippen LogP contribution in [0.3, 0.4) is 0 Å². The molecule has 0 saturated carbocycles. The number of aliphatic hydroxyl groups is 1. The van der Waals surface area contributed by atoms with Gasteiger partial charge in [-0.25, -0.2) is 28.6 Å². The van der Waals surface area contributed by atoms with Gasteiger partial charge in [0.25, 0.3) is 0 Å². The fraction of sp³-hybridized carbons (Fsp3) is 0.509. The molecule has 0 aliphatic carbocycles. The highest BCUT2D eigenvalue weighted by Gasteiger charge is 2.56. The number of amides is 3. The summed E-state index contributed by atoms with van der Waals surface area (Å²) in [4.78, 5) is 65.4. The minimum Gasteiger partial charge on any atom is -0.469 e. The number of halogens is 7. The SMILES string of the molecule is COC(=O)C[C@H](C(=O)NN(Cc1c(F)cc(C(N)=CC=NC(F)F)cc1F)C[C@H](O)[C@H](Cc1ccc(C#Cc2ccc(N3CC4CC(C3)N4C3COC3)nc2)cc1)NC(=O)[C@@H](NC(=O)OC)C(C)(C)C(F)(F)F)C(C)(C)C. The molecule has 1 aromatic heterocycles. The van der Waals surface area contributed by atoms with Crippen molar-refractivity contribution in [3.05, 3.63) is 100 Å². The lowest BCUT2D eigenvalue weighted by Gasteiger charge is -2.60. The number of ether oxygens (including phenoxy) is 3. The molecule has 0 spiro atoms. The number of methoxy groups -OCH3 is 2. The molecular weight excluding hydrogens is 1020 g/mol. The molecule has 4 fully saturated rings. The summed E-state index contributed by atoms with van der Waals surface area (Å²) in [7, 11) is 1.99. The Hall–Kier alpha value is -6.81. The lowest BCUT2D eigenvalue weighted by atomic mass is 9.78. The molecule has 17 nitrogen and oxygen atoms in total. The number of fused-ring (bicyclic) bond motifs is 2. The summed E-state index contributed by atoms with van der Waals surface area (Å²) in [6.45, 7) is 4.81. The number of nitrogens with zero attached hydrogens (tertiary/aromatic N) is 5. The van der Waals surface area contributed by atoms with Crippen molar-refractivity contribution < 1.29 is 69.2 Å². The van der Waals surface area contributed by atoms with Crippen LogP contribution >= 0.6 is 0 Å². The van der Waals surface area contributed by atoms with Gasteiger partial charge in [-0.3, -0.25) is 24.7 Å². The number of anilines is 1. The number of hydrogen-bond acceptors (Lipinski definition) is 14. The average molecular weight is 1090 g/mol. The van der Waals surface area contributed by atoms with Crippen molar-refractivity contribution in [3.63, 3.8) is 0 Å². The number of piperazine rings is 1. The van der Waals surface area contributed by atoms with Gasteiger partial charge in [-0.1, -0.05) is 44.7 Å². The number of aliphatic hydroxyl groups excluding tert-OH is 1. The highest BCUT2D eigenvalue weighted by Crippen LogP contribution is 2.41. The zero-order valence-corrected chi connectivity index (χ0v) is 43.6. The predicted octanol–water partition coefficient (Wildman–Crippen LogP) is 5.47. The fourth-order valence-corrected chi connectivity index (χ4v) is 9.23. The van der Waals surface area contributed by atoms with Gasteiger partial charge in [0, 0.05) is 78.6 Å². The number of hydrogen-bond donors (Lipinski definition) is 5. The minimum atomic E-state index is -5.08. The maximum absolute atomic E-state index is 15.9. The van der Waals surface area contributed by atoms with E-state index in [0.717, 1.165) is 76.0 Å². The number of alkyl halides is 5. The molecular formula is C53H64F7N9O8. The quantitative estimate of drug-likeness (QED) is 0.0238. The molecule has 2 unspecified atom stereocenters. The number of allylic oxidation sites excluding steroid dienone is 1. The zero-order valence-electron chi connectivity index (χ0n) is 43.6. The van der Waals surface area contributed by atoms with Crippen LogP contribution in [0.4, 0.5) is 41.3 Å². The van der Waals surface area contributed by atoms with E-state index >= 15 is 8.78 Å². The number of piperidine rings is 1.